The van der Waals surface area contributed by atoms with Gasteiger partial charge in [-0.1, -0.05) is 97.1 Å². The van der Waals surface area contributed by atoms with Gasteiger partial charge in [0.2, 0.25) is 0 Å². The Morgan fingerprint density at radius 1 is 0.414 bits per heavy atom. The fourth-order valence-corrected chi connectivity index (χ4v) is 5.45. The maximum absolute atomic E-state index is 7.25. The lowest BCUT2D eigenvalue weighted by Gasteiger charge is -2.39. The average Bonchev–Trinajstić information content (AvgIpc) is 3.17. The van der Waals surface area contributed by atoms with Crippen molar-refractivity contribution in [3.8, 4) is 22.3 Å². The average molecular weight is 374 g/mol. The van der Waals surface area contributed by atoms with E-state index in [9.17, 15) is 0 Å². The number of hydrogen-bond donors (Lipinski definition) is 0. The van der Waals surface area contributed by atoms with E-state index in [0.717, 1.165) is 0 Å². The van der Waals surface area contributed by atoms with Crippen LogP contribution in [0.1, 0.15) is 36.1 Å². The van der Waals surface area contributed by atoms with Crippen molar-refractivity contribution in [3.05, 3.63) is 119 Å². The molecule has 1 heteroatoms. The van der Waals surface area contributed by atoms with E-state index < -0.39 is 11.2 Å². The summed E-state index contributed by atoms with van der Waals surface area (Å²) in [6.45, 7) is 4.46. The molecule has 0 amide bonds. The molecule has 2 aliphatic carbocycles. The summed E-state index contributed by atoms with van der Waals surface area (Å²) in [5, 5.41) is 0. The summed E-state index contributed by atoms with van der Waals surface area (Å²) >= 11 is 0. The van der Waals surface area contributed by atoms with E-state index in [0.29, 0.717) is 0 Å². The van der Waals surface area contributed by atoms with Crippen molar-refractivity contribution in [3.63, 3.8) is 0 Å². The van der Waals surface area contributed by atoms with Gasteiger partial charge in [-0.2, -0.15) is 0 Å². The van der Waals surface area contributed by atoms with Crippen LogP contribution < -0.4 is 0 Å². The van der Waals surface area contributed by atoms with Crippen molar-refractivity contribution < 1.29 is 4.74 Å². The molecule has 0 radical (unpaired) electrons. The van der Waals surface area contributed by atoms with Crippen LogP contribution in [0.5, 0.6) is 0 Å². The first-order chi connectivity index (χ1) is 14.1. The van der Waals surface area contributed by atoms with Crippen LogP contribution in [0.2, 0.25) is 0 Å². The fraction of sp³-hybridized carbons (Fsp3) is 0.143. The van der Waals surface area contributed by atoms with Crippen molar-refractivity contribution in [1.29, 1.82) is 0 Å². The second kappa shape index (κ2) is 5.68. The number of benzene rings is 4. The Hall–Kier alpha value is -3.16. The van der Waals surface area contributed by atoms with Gasteiger partial charge in [-0.25, -0.2) is 0 Å². The lowest BCUT2D eigenvalue weighted by atomic mass is 9.88. The molecule has 0 atom stereocenters. The molecule has 0 heterocycles. The zero-order chi connectivity index (χ0) is 19.6. The van der Waals surface area contributed by atoms with Gasteiger partial charge in [-0.05, 0) is 58.4 Å². The summed E-state index contributed by atoms with van der Waals surface area (Å²) in [5.41, 5.74) is 9.01. The number of ether oxygens (including phenoxy) is 1. The second-order valence-electron chi connectivity index (χ2n) is 8.35. The molecule has 0 spiro atoms. The lowest BCUT2D eigenvalue weighted by Crippen LogP contribution is -2.37. The molecule has 4 aromatic carbocycles. The van der Waals surface area contributed by atoms with Gasteiger partial charge in [0.05, 0.1) is 0 Å². The van der Waals surface area contributed by atoms with E-state index in [4.69, 9.17) is 4.74 Å². The Kier molecular flexibility index (Phi) is 3.29. The lowest BCUT2D eigenvalue weighted by molar-refractivity contribution is -0.102. The number of fused-ring (bicyclic) bond motifs is 6. The standard InChI is InChI=1S/C28H22O/c1-27(23-15-7-3-11-19(23)20-12-4-8-16-24(20)27)29-28(2)25-17-9-5-13-21(25)22-14-6-10-18-26(22)28/h3-18H,1-2H3. The molecule has 4 aromatic rings. The predicted octanol–water partition coefficient (Wildman–Crippen LogP) is 6.89. The van der Waals surface area contributed by atoms with Crippen LogP contribution in [0.25, 0.3) is 22.3 Å². The molecule has 0 bridgehead atoms. The van der Waals surface area contributed by atoms with Crippen molar-refractivity contribution in [1.82, 2.24) is 0 Å². The van der Waals surface area contributed by atoms with E-state index in [1.54, 1.807) is 0 Å². The SMILES string of the molecule is CC1(OC2(C)c3ccccc3-c3ccccc32)c2ccccc2-c2ccccc21. The van der Waals surface area contributed by atoms with Crippen LogP contribution in [0.4, 0.5) is 0 Å². The van der Waals surface area contributed by atoms with Gasteiger partial charge in [-0.15, -0.1) is 0 Å². The Bertz CT molecular complexity index is 1080. The quantitative estimate of drug-likeness (QED) is 0.371. The topological polar surface area (TPSA) is 9.23 Å². The minimum absolute atomic E-state index is 0.521. The molecule has 0 aliphatic heterocycles. The number of hydrogen-bond acceptors (Lipinski definition) is 1. The monoisotopic (exact) mass is 374 g/mol. The van der Waals surface area contributed by atoms with Crippen molar-refractivity contribution in [2.45, 2.75) is 25.0 Å². The Balaban J connectivity index is 1.60. The molecule has 1 nitrogen and oxygen atoms in total. The van der Waals surface area contributed by atoms with Gasteiger partial charge in [0.25, 0.3) is 0 Å². The third-order valence-corrected chi connectivity index (χ3v) is 6.75. The maximum Gasteiger partial charge on any atom is 0.118 e. The zero-order valence-electron chi connectivity index (χ0n) is 16.6. The molecule has 0 N–H and O–H groups in total. The van der Waals surface area contributed by atoms with Crippen molar-refractivity contribution in [2.75, 3.05) is 0 Å². The Labute approximate surface area is 171 Å². The molecule has 0 saturated heterocycles. The van der Waals surface area contributed by atoms with Gasteiger partial charge in [0.1, 0.15) is 11.2 Å². The predicted molar refractivity (Wildman–Crippen MR) is 118 cm³/mol. The molecule has 0 unspecified atom stereocenters. The fourth-order valence-electron chi connectivity index (χ4n) is 5.45. The maximum atomic E-state index is 7.25. The van der Waals surface area contributed by atoms with Gasteiger partial charge in [0, 0.05) is 0 Å². The van der Waals surface area contributed by atoms with E-state index in [1.807, 2.05) is 0 Å². The van der Waals surface area contributed by atoms with Gasteiger partial charge < -0.3 is 4.74 Å². The summed E-state index contributed by atoms with van der Waals surface area (Å²) in [5.74, 6) is 0. The molecule has 29 heavy (non-hydrogen) atoms. The zero-order valence-corrected chi connectivity index (χ0v) is 16.6. The molecular formula is C28H22O. The molecular weight excluding hydrogens is 352 g/mol. The van der Waals surface area contributed by atoms with Crippen LogP contribution in [-0.2, 0) is 15.9 Å². The Morgan fingerprint density at radius 2 is 0.655 bits per heavy atom. The first kappa shape index (κ1) is 16.8. The number of rotatable bonds is 2. The van der Waals surface area contributed by atoms with Crippen LogP contribution in [-0.4, -0.2) is 0 Å². The van der Waals surface area contributed by atoms with Crippen LogP contribution in [0.15, 0.2) is 97.1 Å². The summed E-state index contributed by atoms with van der Waals surface area (Å²) in [6, 6.07) is 34.6. The normalized spacial score (nSPS) is 16.6. The Morgan fingerprint density at radius 3 is 0.931 bits per heavy atom. The van der Waals surface area contributed by atoms with E-state index >= 15 is 0 Å². The van der Waals surface area contributed by atoms with Crippen LogP contribution >= 0.6 is 0 Å². The summed E-state index contributed by atoms with van der Waals surface area (Å²) in [7, 11) is 0. The molecule has 0 saturated carbocycles. The molecule has 2 aliphatic rings. The van der Waals surface area contributed by atoms with E-state index in [-0.39, 0.29) is 0 Å². The van der Waals surface area contributed by atoms with E-state index in [1.165, 1.54) is 44.5 Å². The minimum Gasteiger partial charge on any atom is -0.350 e. The van der Waals surface area contributed by atoms with Crippen LogP contribution in [0.3, 0.4) is 0 Å². The molecule has 0 fully saturated rings. The summed E-state index contributed by atoms with van der Waals surface area (Å²) in [6.07, 6.45) is 0. The van der Waals surface area contributed by atoms with E-state index in [2.05, 4.69) is 111 Å². The highest BCUT2D eigenvalue weighted by atomic mass is 16.5. The van der Waals surface area contributed by atoms with Crippen LogP contribution in [0, 0.1) is 0 Å². The minimum atomic E-state index is -0.521. The molecule has 140 valence electrons. The highest BCUT2D eigenvalue weighted by Gasteiger charge is 2.49. The third-order valence-electron chi connectivity index (χ3n) is 6.75. The first-order valence-electron chi connectivity index (χ1n) is 10.2. The molecule has 6 rings (SSSR count). The van der Waals surface area contributed by atoms with Crippen molar-refractivity contribution in [2.24, 2.45) is 0 Å². The van der Waals surface area contributed by atoms with Gasteiger partial charge in [0.15, 0.2) is 0 Å². The highest BCUT2D eigenvalue weighted by molar-refractivity contribution is 5.82. The summed E-state index contributed by atoms with van der Waals surface area (Å²) < 4.78 is 7.25. The first-order valence-corrected chi connectivity index (χ1v) is 10.2. The van der Waals surface area contributed by atoms with Gasteiger partial charge >= 0.3 is 0 Å². The largest absolute Gasteiger partial charge is 0.350 e. The third kappa shape index (κ3) is 2.08. The summed E-state index contributed by atoms with van der Waals surface area (Å²) in [4.78, 5) is 0. The second-order valence-corrected chi connectivity index (χ2v) is 8.35. The smallest absolute Gasteiger partial charge is 0.118 e. The highest BCUT2D eigenvalue weighted by Crippen LogP contribution is 2.57. The molecule has 0 aromatic heterocycles. The van der Waals surface area contributed by atoms with Gasteiger partial charge in [-0.3, -0.25) is 0 Å². The van der Waals surface area contributed by atoms with Crippen molar-refractivity contribution >= 4 is 0 Å².